The number of nitrogens with two attached hydrogens (primary N) is 2. The summed E-state index contributed by atoms with van der Waals surface area (Å²) in [6.45, 7) is 0. The van der Waals surface area contributed by atoms with E-state index in [4.69, 9.17) is 11.5 Å². The molecular formula is C9H8N8O2. The molecule has 3 heterocycles. The minimum absolute atomic E-state index is 0.185. The number of anilines is 2. The lowest BCUT2D eigenvalue weighted by atomic mass is 10.5. The Morgan fingerprint density at radius 3 is 2.68 bits per heavy atom. The summed E-state index contributed by atoms with van der Waals surface area (Å²) in [5, 5.41) is 9.51. The normalized spacial score (nSPS) is 10.9. The Balaban J connectivity index is 2.34. The molecular weight excluding hydrogens is 252 g/mol. The maximum atomic E-state index is 11.8. The lowest BCUT2D eigenvalue weighted by molar-refractivity contribution is 0.459. The number of hydrogen-bond donors (Lipinski definition) is 3. The first-order valence-corrected chi connectivity index (χ1v) is 5.10. The van der Waals surface area contributed by atoms with E-state index in [1.165, 1.54) is 17.3 Å². The molecule has 0 aromatic carbocycles. The zero-order chi connectivity index (χ0) is 13.6. The Bertz CT molecular complexity index is 836. The molecule has 0 aliphatic carbocycles. The first kappa shape index (κ1) is 11.0. The van der Waals surface area contributed by atoms with Gasteiger partial charge in [-0.15, -0.1) is 0 Å². The highest BCUT2D eigenvalue weighted by Crippen LogP contribution is 2.16. The minimum atomic E-state index is -0.688. The second-order valence-electron chi connectivity index (χ2n) is 3.66. The average Bonchev–Trinajstić information content (AvgIpc) is 2.79. The molecule has 0 radical (unpaired) electrons. The Hall–Kier alpha value is -3.17. The second kappa shape index (κ2) is 3.66. The molecule has 0 bridgehead atoms. The topological polar surface area (TPSA) is 151 Å². The molecule has 0 spiro atoms. The number of aromatic nitrogens is 6. The smallest absolute Gasteiger partial charge is 0.369 e. The van der Waals surface area contributed by atoms with Crippen LogP contribution in [0.4, 0.5) is 11.6 Å². The summed E-state index contributed by atoms with van der Waals surface area (Å²) >= 11 is 0. The Kier molecular flexibility index (Phi) is 2.11. The monoisotopic (exact) mass is 260 g/mol. The average molecular weight is 260 g/mol. The number of rotatable bonds is 1. The third-order valence-electron chi connectivity index (χ3n) is 2.50. The third kappa shape index (κ3) is 1.54. The highest BCUT2D eigenvalue weighted by molar-refractivity contribution is 5.81. The van der Waals surface area contributed by atoms with Gasteiger partial charge in [0.25, 0.3) is 0 Å². The van der Waals surface area contributed by atoms with E-state index in [0.29, 0.717) is 11.2 Å². The van der Waals surface area contributed by atoms with Crippen LogP contribution in [0.1, 0.15) is 0 Å². The number of nitrogens with zero attached hydrogens (tertiary/aromatic N) is 6. The number of hydrogen-bond acceptors (Lipinski definition) is 8. The quantitative estimate of drug-likeness (QED) is 0.481. The molecule has 5 N–H and O–H groups in total. The summed E-state index contributed by atoms with van der Waals surface area (Å²) in [5.74, 6) is -0.396. The van der Waals surface area contributed by atoms with Crippen LogP contribution >= 0.6 is 0 Å². The Labute approximate surface area is 105 Å². The maximum Gasteiger partial charge on any atom is 0.369 e. The van der Waals surface area contributed by atoms with E-state index in [0.717, 1.165) is 10.9 Å². The first-order chi connectivity index (χ1) is 9.08. The largest absolute Gasteiger partial charge is 0.503 e. The third-order valence-corrected chi connectivity index (χ3v) is 2.50. The van der Waals surface area contributed by atoms with Crippen LogP contribution in [0.3, 0.4) is 0 Å². The zero-order valence-corrected chi connectivity index (χ0v) is 9.43. The van der Waals surface area contributed by atoms with Crippen molar-refractivity contribution < 1.29 is 5.11 Å². The van der Waals surface area contributed by atoms with Crippen LogP contribution in [0.5, 0.6) is 5.75 Å². The fourth-order valence-corrected chi connectivity index (χ4v) is 1.60. The van der Waals surface area contributed by atoms with Crippen molar-refractivity contribution in [3.05, 3.63) is 29.3 Å². The highest BCUT2D eigenvalue weighted by atomic mass is 16.3. The molecule has 0 atom stereocenters. The zero-order valence-electron chi connectivity index (χ0n) is 9.43. The van der Waals surface area contributed by atoms with E-state index in [1.807, 2.05) is 0 Å². The number of imidazole rings is 1. The minimum Gasteiger partial charge on any atom is -0.503 e. The summed E-state index contributed by atoms with van der Waals surface area (Å²) in [7, 11) is 0. The van der Waals surface area contributed by atoms with Crippen molar-refractivity contribution in [2.45, 2.75) is 0 Å². The van der Waals surface area contributed by atoms with E-state index in [1.54, 1.807) is 0 Å². The van der Waals surface area contributed by atoms with Gasteiger partial charge in [0.1, 0.15) is 12.7 Å². The molecule has 96 valence electrons. The molecule has 3 rings (SSSR count). The number of nitrogen functional groups attached to an aromatic ring is 2. The van der Waals surface area contributed by atoms with Gasteiger partial charge in [0.2, 0.25) is 0 Å². The van der Waals surface area contributed by atoms with Crippen molar-refractivity contribution >= 4 is 22.8 Å². The molecule has 3 aromatic heterocycles. The highest BCUT2D eigenvalue weighted by Gasteiger charge is 2.12. The van der Waals surface area contributed by atoms with Gasteiger partial charge in [0.15, 0.2) is 28.5 Å². The van der Waals surface area contributed by atoms with Gasteiger partial charge in [-0.05, 0) is 0 Å². The number of aromatic hydroxyl groups is 1. The van der Waals surface area contributed by atoms with Crippen molar-refractivity contribution in [1.29, 1.82) is 0 Å². The van der Waals surface area contributed by atoms with Crippen LogP contribution in [0.2, 0.25) is 0 Å². The lowest BCUT2D eigenvalue weighted by Crippen LogP contribution is -2.28. The van der Waals surface area contributed by atoms with Crippen LogP contribution in [0, 0.1) is 0 Å². The fraction of sp³-hybridized carbons (Fsp3) is 0. The van der Waals surface area contributed by atoms with E-state index in [2.05, 4.69) is 19.9 Å². The van der Waals surface area contributed by atoms with Gasteiger partial charge in [-0.3, -0.25) is 0 Å². The van der Waals surface area contributed by atoms with Crippen LogP contribution in [0.15, 0.2) is 23.6 Å². The predicted molar refractivity (Wildman–Crippen MR) is 65.1 cm³/mol. The summed E-state index contributed by atoms with van der Waals surface area (Å²) in [4.78, 5) is 27.0. The van der Waals surface area contributed by atoms with Gasteiger partial charge < -0.3 is 16.6 Å². The van der Waals surface area contributed by atoms with Crippen molar-refractivity contribution in [2.24, 2.45) is 0 Å². The summed E-state index contributed by atoms with van der Waals surface area (Å²) in [6, 6.07) is 0. The van der Waals surface area contributed by atoms with Gasteiger partial charge in [-0.25, -0.2) is 24.4 Å². The Morgan fingerprint density at radius 2 is 1.89 bits per heavy atom. The lowest BCUT2D eigenvalue weighted by Gasteiger charge is -2.07. The van der Waals surface area contributed by atoms with Crippen molar-refractivity contribution in [3.63, 3.8) is 0 Å². The van der Waals surface area contributed by atoms with Gasteiger partial charge >= 0.3 is 5.69 Å². The van der Waals surface area contributed by atoms with Crippen LogP contribution < -0.4 is 17.2 Å². The van der Waals surface area contributed by atoms with Crippen molar-refractivity contribution in [2.75, 3.05) is 11.5 Å². The first-order valence-electron chi connectivity index (χ1n) is 5.10. The van der Waals surface area contributed by atoms with E-state index < -0.39 is 5.69 Å². The molecule has 10 heteroatoms. The SMILES string of the molecule is Nc1nc(=O)n(-n2cnc3c(N)ncnc32)cc1O. The Morgan fingerprint density at radius 1 is 1.11 bits per heavy atom. The fourth-order valence-electron chi connectivity index (χ4n) is 1.60. The maximum absolute atomic E-state index is 11.8. The van der Waals surface area contributed by atoms with Crippen molar-refractivity contribution in [3.8, 4) is 5.75 Å². The molecule has 19 heavy (non-hydrogen) atoms. The summed E-state index contributed by atoms with van der Waals surface area (Å²) in [6.07, 6.45) is 3.67. The molecule has 0 saturated heterocycles. The predicted octanol–water partition coefficient (Wildman–Crippen LogP) is -1.44. The van der Waals surface area contributed by atoms with Crippen LogP contribution in [-0.4, -0.2) is 34.4 Å². The molecule has 0 aliphatic rings. The van der Waals surface area contributed by atoms with Gasteiger partial charge in [-0.1, -0.05) is 0 Å². The van der Waals surface area contributed by atoms with Gasteiger partial charge in [0, 0.05) is 0 Å². The molecule has 3 aromatic rings. The molecule has 0 fully saturated rings. The van der Waals surface area contributed by atoms with Crippen LogP contribution in [0.25, 0.3) is 11.2 Å². The van der Waals surface area contributed by atoms with Gasteiger partial charge in [0.05, 0.1) is 6.20 Å². The molecule has 0 saturated carbocycles. The molecule has 0 amide bonds. The molecule has 10 nitrogen and oxygen atoms in total. The van der Waals surface area contributed by atoms with Crippen molar-refractivity contribution in [1.82, 2.24) is 29.3 Å². The van der Waals surface area contributed by atoms with Gasteiger partial charge in [-0.2, -0.15) is 9.66 Å². The van der Waals surface area contributed by atoms with E-state index in [-0.39, 0.29) is 17.4 Å². The van der Waals surface area contributed by atoms with Crippen LogP contribution in [-0.2, 0) is 0 Å². The summed E-state index contributed by atoms with van der Waals surface area (Å²) in [5.41, 5.74) is 10.9. The summed E-state index contributed by atoms with van der Waals surface area (Å²) < 4.78 is 2.29. The standard InChI is InChI=1S/C9H8N8O2/c10-6-4(18)1-16(9(19)15-6)17-3-14-5-7(11)12-2-13-8(5)17/h1-3,18H,(H2,10,15,19)(H2,11,12,13). The second-order valence-corrected chi connectivity index (χ2v) is 3.66. The molecule has 0 aliphatic heterocycles. The van der Waals surface area contributed by atoms with E-state index >= 15 is 0 Å². The molecule has 0 unspecified atom stereocenters. The number of fused-ring (bicyclic) bond motifs is 1. The van der Waals surface area contributed by atoms with E-state index in [9.17, 15) is 9.90 Å².